The summed E-state index contributed by atoms with van der Waals surface area (Å²) < 4.78 is 0. The fraction of sp³-hybridized carbons (Fsp3) is 0.500. The number of guanidine groups is 1. The molecule has 1 aliphatic rings. The summed E-state index contributed by atoms with van der Waals surface area (Å²) in [5.74, 6) is 2.14. The molecule has 3 rings (SSSR count). The topological polar surface area (TPSA) is 59.9 Å². The van der Waals surface area contributed by atoms with Crippen LogP contribution in [0.4, 0.5) is 17.5 Å². The maximum absolute atomic E-state index is 6.01. The number of halogens is 1. The highest BCUT2D eigenvalue weighted by Gasteiger charge is 2.23. The van der Waals surface area contributed by atoms with E-state index in [4.69, 9.17) is 16.6 Å². The van der Waals surface area contributed by atoms with Crippen molar-refractivity contribution in [3.8, 4) is 0 Å². The van der Waals surface area contributed by atoms with Crippen molar-refractivity contribution in [1.29, 1.82) is 0 Å². The molecule has 1 aromatic heterocycles. The lowest BCUT2D eigenvalue weighted by atomic mass is 10.0. The van der Waals surface area contributed by atoms with Crippen molar-refractivity contribution in [2.24, 2.45) is 4.99 Å². The molecular weight excluding hydrogens is 398 g/mol. The van der Waals surface area contributed by atoms with E-state index in [0.29, 0.717) is 23.0 Å². The average molecular weight is 430 g/mol. The number of hydrogen-bond donors (Lipinski definition) is 1. The van der Waals surface area contributed by atoms with Gasteiger partial charge in [0.25, 0.3) is 0 Å². The first kappa shape index (κ1) is 22.3. The Labute approximate surface area is 184 Å². The second kappa shape index (κ2) is 10.1. The van der Waals surface area contributed by atoms with Crippen molar-refractivity contribution in [2.75, 3.05) is 55.9 Å². The molecule has 30 heavy (non-hydrogen) atoms. The quantitative estimate of drug-likeness (QED) is 0.574. The highest BCUT2D eigenvalue weighted by molar-refractivity contribution is 6.30. The molecule has 0 amide bonds. The number of aryl methyl sites for hydroxylation is 1. The van der Waals surface area contributed by atoms with Crippen LogP contribution in [-0.2, 0) is 0 Å². The van der Waals surface area contributed by atoms with E-state index in [9.17, 15) is 0 Å². The molecule has 7 nitrogen and oxygen atoms in total. The van der Waals surface area contributed by atoms with Crippen molar-refractivity contribution in [3.63, 3.8) is 0 Å². The molecular formula is C22H32ClN7. The Morgan fingerprint density at radius 3 is 2.47 bits per heavy atom. The van der Waals surface area contributed by atoms with Gasteiger partial charge in [-0.05, 0) is 50.6 Å². The van der Waals surface area contributed by atoms with Crippen molar-refractivity contribution in [1.82, 2.24) is 14.9 Å². The molecule has 162 valence electrons. The van der Waals surface area contributed by atoms with Gasteiger partial charge in [0, 0.05) is 62.7 Å². The van der Waals surface area contributed by atoms with E-state index in [2.05, 4.69) is 39.1 Å². The smallest absolute Gasteiger partial charge is 0.231 e. The minimum absolute atomic E-state index is 0.492. The van der Waals surface area contributed by atoms with E-state index in [0.717, 1.165) is 49.7 Å². The lowest BCUT2D eigenvalue weighted by Crippen LogP contribution is -2.43. The molecule has 1 fully saturated rings. The van der Waals surface area contributed by atoms with Gasteiger partial charge in [-0.1, -0.05) is 18.5 Å². The molecule has 8 heteroatoms. The van der Waals surface area contributed by atoms with Crippen LogP contribution < -0.4 is 15.1 Å². The molecule has 0 aliphatic carbocycles. The summed E-state index contributed by atoms with van der Waals surface area (Å²) >= 11 is 6.01. The lowest BCUT2D eigenvalue weighted by Gasteiger charge is -2.37. The van der Waals surface area contributed by atoms with Crippen molar-refractivity contribution >= 4 is 35.0 Å². The number of likely N-dealkylation sites (tertiary alicyclic amines) is 1. The van der Waals surface area contributed by atoms with Gasteiger partial charge in [0.15, 0.2) is 0 Å². The number of rotatable bonds is 5. The van der Waals surface area contributed by atoms with Crippen LogP contribution in [0.15, 0.2) is 35.3 Å². The van der Waals surface area contributed by atoms with Gasteiger partial charge in [-0.25, -0.2) is 4.98 Å². The number of nitrogens with one attached hydrogen (secondary N) is 1. The Morgan fingerprint density at radius 2 is 1.87 bits per heavy atom. The third kappa shape index (κ3) is 5.40. The second-order valence-corrected chi connectivity index (χ2v) is 8.11. The first-order valence-electron chi connectivity index (χ1n) is 10.4. The molecule has 0 bridgehead atoms. The minimum atomic E-state index is 0.492. The maximum Gasteiger partial charge on any atom is 0.231 e. The Balaban J connectivity index is 1.74. The molecule has 1 aliphatic heterocycles. The highest BCUT2D eigenvalue weighted by Crippen LogP contribution is 2.23. The van der Waals surface area contributed by atoms with Gasteiger partial charge in [-0.3, -0.25) is 10.3 Å². The summed E-state index contributed by atoms with van der Waals surface area (Å²) in [6.07, 6.45) is 2.30. The highest BCUT2D eigenvalue weighted by atomic mass is 35.5. The van der Waals surface area contributed by atoms with Crippen LogP contribution >= 0.6 is 11.6 Å². The van der Waals surface area contributed by atoms with Gasteiger partial charge in [0.05, 0.1) is 0 Å². The van der Waals surface area contributed by atoms with E-state index >= 15 is 0 Å². The van der Waals surface area contributed by atoms with Crippen LogP contribution in [0.5, 0.6) is 0 Å². The Bertz CT molecular complexity index is 860. The van der Waals surface area contributed by atoms with Gasteiger partial charge in [0.1, 0.15) is 5.82 Å². The zero-order valence-electron chi connectivity index (χ0n) is 18.6. The van der Waals surface area contributed by atoms with Crippen molar-refractivity contribution in [3.05, 3.63) is 41.0 Å². The van der Waals surface area contributed by atoms with Crippen LogP contribution in [0.3, 0.4) is 0 Å². The number of piperidine rings is 1. The molecule has 0 saturated carbocycles. The molecule has 0 radical (unpaired) electrons. The largest absolute Gasteiger partial charge is 0.356 e. The summed E-state index contributed by atoms with van der Waals surface area (Å²) in [5, 5.41) is 3.99. The third-order valence-electron chi connectivity index (χ3n) is 5.72. The number of benzene rings is 1. The summed E-state index contributed by atoms with van der Waals surface area (Å²) in [5.41, 5.74) is 1.89. The molecule has 0 unspecified atom stereocenters. The summed E-state index contributed by atoms with van der Waals surface area (Å²) in [6, 6.07) is 10.2. The predicted molar refractivity (Wildman–Crippen MR) is 127 cm³/mol. The van der Waals surface area contributed by atoms with Crippen LogP contribution in [-0.4, -0.2) is 67.6 Å². The van der Waals surface area contributed by atoms with E-state index < -0.39 is 0 Å². The molecule has 1 aromatic carbocycles. The lowest BCUT2D eigenvalue weighted by molar-refractivity contribution is 0.220. The van der Waals surface area contributed by atoms with Crippen molar-refractivity contribution < 1.29 is 0 Å². The Morgan fingerprint density at radius 1 is 1.20 bits per heavy atom. The summed E-state index contributed by atoms with van der Waals surface area (Å²) in [6.45, 7) is 7.62. The molecule has 0 spiro atoms. The zero-order valence-corrected chi connectivity index (χ0v) is 19.3. The Hall–Kier alpha value is -2.38. The van der Waals surface area contributed by atoms with Gasteiger partial charge < -0.3 is 14.7 Å². The number of aromatic nitrogens is 2. The summed E-state index contributed by atoms with van der Waals surface area (Å²) in [7, 11) is 5.83. The first-order chi connectivity index (χ1) is 14.4. The van der Waals surface area contributed by atoms with Crippen LogP contribution in [0, 0.1) is 6.92 Å². The fourth-order valence-corrected chi connectivity index (χ4v) is 3.90. The van der Waals surface area contributed by atoms with E-state index in [1.54, 1.807) is 7.05 Å². The predicted octanol–water partition coefficient (Wildman–Crippen LogP) is 3.89. The number of nitrogens with zero attached hydrogens (tertiary/aromatic N) is 6. The van der Waals surface area contributed by atoms with Crippen LogP contribution in [0.25, 0.3) is 0 Å². The number of aliphatic imine (C=N–C) groups is 1. The standard InChI is InChI=1S/C22H32ClN7/c1-6-30-13-11-19(12-14-30)28(4)20-15-16(2)25-21(26-20)27-22(24-3)29(5)18-9-7-17(23)8-10-18/h7-10,15,19H,6,11-14H2,1-5H3,(H,24,25,26,27). The van der Waals surface area contributed by atoms with Gasteiger partial charge in [-0.2, -0.15) is 4.98 Å². The summed E-state index contributed by atoms with van der Waals surface area (Å²) in [4.78, 5) is 20.5. The number of hydrogen-bond acceptors (Lipinski definition) is 5. The first-order valence-corrected chi connectivity index (χ1v) is 10.8. The van der Waals surface area contributed by atoms with Gasteiger partial charge in [0.2, 0.25) is 11.9 Å². The number of anilines is 3. The monoisotopic (exact) mass is 429 g/mol. The fourth-order valence-electron chi connectivity index (χ4n) is 3.78. The zero-order chi connectivity index (χ0) is 21.7. The van der Waals surface area contributed by atoms with Crippen LogP contribution in [0.1, 0.15) is 25.5 Å². The van der Waals surface area contributed by atoms with E-state index in [1.165, 1.54) is 0 Å². The van der Waals surface area contributed by atoms with E-state index in [1.807, 2.05) is 49.2 Å². The molecule has 1 N–H and O–H groups in total. The minimum Gasteiger partial charge on any atom is -0.356 e. The third-order valence-corrected chi connectivity index (χ3v) is 5.97. The molecule has 2 heterocycles. The van der Waals surface area contributed by atoms with Gasteiger partial charge >= 0.3 is 0 Å². The van der Waals surface area contributed by atoms with E-state index in [-0.39, 0.29) is 0 Å². The average Bonchev–Trinajstić information content (AvgIpc) is 2.76. The molecule has 0 atom stereocenters. The van der Waals surface area contributed by atoms with Crippen LogP contribution in [0.2, 0.25) is 5.02 Å². The second-order valence-electron chi connectivity index (χ2n) is 7.68. The van der Waals surface area contributed by atoms with Crippen molar-refractivity contribution in [2.45, 2.75) is 32.7 Å². The normalized spacial score (nSPS) is 15.9. The SMILES string of the molecule is CCN1CCC(N(C)c2cc(C)nc(NC(=NC)N(C)c3ccc(Cl)cc3)n2)CC1. The molecule has 2 aromatic rings. The molecule has 1 saturated heterocycles. The van der Waals surface area contributed by atoms with Gasteiger partial charge in [-0.15, -0.1) is 0 Å². The maximum atomic E-state index is 6.01. The Kier molecular flexibility index (Phi) is 7.50.